The number of hydrogen-bond donors (Lipinski definition) is 0. The lowest BCUT2D eigenvalue weighted by atomic mass is 10.1. The second-order valence-electron chi connectivity index (χ2n) is 6.45. The number of ether oxygens (including phenoxy) is 1. The second kappa shape index (κ2) is 6.28. The highest BCUT2D eigenvalue weighted by atomic mass is 16.5. The number of carbonyl (C=O) groups is 1. The highest BCUT2D eigenvalue weighted by molar-refractivity contribution is 5.82. The molecule has 126 valence electrons. The molecule has 0 spiro atoms. The molecule has 1 aromatic heterocycles. The van der Waals surface area contributed by atoms with Crippen LogP contribution < -0.4 is 4.74 Å². The molecule has 0 bridgehead atoms. The predicted molar refractivity (Wildman–Crippen MR) is 87.7 cm³/mol. The first kappa shape index (κ1) is 15.2. The van der Waals surface area contributed by atoms with E-state index in [1.807, 2.05) is 42.2 Å². The standard InChI is InChI=1S/C18H21N3O3/c1-13-10-15(24-19-13)12-20-6-8-21(9-7-20)18(22)17-11-14-4-2-3-5-16(14)23-17/h2-5,10,17H,6-9,11-12H2,1H3/t17-/m0/s1. The Morgan fingerprint density at radius 2 is 2.04 bits per heavy atom. The van der Waals surface area contributed by atoms with Crippen molar-refractivity contribution in [2.75, 3.05) is 26.2 Å². The van der Waals surface area contributed by atoms with E-state index in [0.717, 1.165) is 55.5 Å². The van der Waals surface area contributed by atoms with Crippen LogP contribution in [0, 0.1) is 6.92 Å². The van der Waals surface area contributed by atoms with Crippen molar-refractivity contribution in [2.45, 2.75) is 26.0 Å². The first-order chi connectivity index (χ1) is 11.7. The number of carbonyl (C=O) groups excluding carboxylic acids is 1. The van der Waals surface area contributed by atoms with Gasteiger partial charge in [0.05, 0.1) is 12.2 Å². The van der Waals surface area contributed by atoms with Gasteiger partial charge in [0.15, 0.2) is 11.9 Å². The van der Waals surface area contributed by atoms with Crippen LogP contribution in [0.15, 0.2) is 34.9 Å². The van der Waals surface area contributed by atoms with Crippen LogP contribution in [0.1, 0.15) is 17.0 Å². The summed E-state index contributed by atoms with van der Waals surface area (Å²) in [6, 6.07) is 9.84. The molecule has 0 saturated carbocycles. The summed E-state index contributed by atoms with van der Waals surface area (Å²) in [6.45, 7) is 5.79. The molecule has 4 rings (SSSR count). The molecule has 1 atom stereocenters. The van der Waals surface area contributed by atoms with E-state index in [-0.39, 0.29) is 12.0 Å². The Bertz CT molecular complexity index is 710. The summed E-state index contributed by atoms with van der Waals surface area (Å²) in [5.74, 6) is 1.82. The Kier molecular flexibility index (Phi) is 3.98. The lowest BCUT2D eigenvalue weighted by molar-refractivity contribution is -0.139. The van der Waals surface area contributed by atoms with Crippen LogP contribution in [-0.2, 0) is 17.8 Å². The van der Waals surface area contributed by atoms with Gasteiger partial charge in [0, 0.05) is 38.7 Å². The highest BCUT2D eigenvalue weighted by Crippen LogP contribution is 2.29. The smallest absolute Gasteiger partial charge is 0.264 e. The van der Waals surface area contributed by atoms with Gasteiger partial charge in [0.1, 0.15) is 5.75 Å². The van der Waals surface area contributed by atoms with E-state index in [9.17, 15) is 4.79 Å². The zero-order chi connectivity index (χ0) is 16.5. The van der Waals surface area contributed by atoms with Crippen LogP contribution in [-0.4, -0.2) is 53.1 Å². The maximum atomic E-state index is 12.7. The number of para-hydroxylation sites is 1. The molecule has 0 aliphatic carbocycles. The highest BCUT2D eigenvalue weighted by Gasteiger charge is 2.33. The van der Waals surface area contributed by atoms with E-state index < -0.39 is 0 Å². The van der Waals surface area contributed by atoms with Gasteiger partial charge < -0.3 is 14.2 Å². The topological polar surface area (TPSA) is 58.8 Å². The molecule has 1 aromatic carbocycles. The van der Waals surface area contributed by atoms with Crippen molar-refractivity contribution in [3.8, 4) is 5.75 Å². The number of amides is 1. The zero-order valence-electron chi connectivity index (χ0n) is 13.8. The van der Waals surface area contributed by atoms with Gasteiger partial charge in [-0.05, 0) is 18.6 Å². The Labute approximate surface area is 141 Å². The number of fused-ring (bicyclic) bond motifs is 1. The number of aromatic nitrogens is 1. The Morgan fingerprint density at radius 1 is 1.25 bits per heavy atom. The number of rotatable bonds is 3. The maximum absolute atomic E-state index is 12.7. The van der Waals surface area contributed by atoms with Crippen molar-refractivity contribution >= 4 is 5.91 Å². The number of piperazine rings is 1. The van der Waals surface area contributed by atoms with Gasteiger partial charge in [-0.1, -0.05) is 23.4 Å². The molecule has 6 heteroatoms. The summed E-state index contributed by atoms with van der Waals surface area (Å²) in [7, 11) is 0. The Balaban J connectivity index is 1.31. The fraction of sp³-hybridized carbons (Fsp3) is 0.444. The molecule has 24 heavy (non-hydrogen) atoms. The normalized spacial score (nSPS) is 20.7. The van der Waals surface area contributed by atoms with Gasteiger partial charge in [0.25, 0.3) is 5.91 Å². The van der Waals surface area contributed by atoms with Gasteiger partial charge in [0.2, 0.25) is 0 Å². The Morgan fingerprint density at radius 3 is 2.75 bits per heavy atom. The molecule has 1 amide bonds. The molecule has 3 heterocycles. The van der Waals surface area contributed by atoms with Gasteiger partial charge >= 0.3 is 0 Å². The third kappa shape index (κ3) is 3.01. The van der Waals surface area contributed by atoms with Gasteiger partial charge in [-0.25, -0.2) is 0 Å². The van der Waals surface area contributed by atoms with Crippen LogP contribution >= 0.6 is 0 Å². The summed E-state index contributed by atoms with van der Waals surface area (Å²) in [5, 5.41) is 3.91. The third-order valence-electron chi connectivity index (χ3n) is 4.66. The summed E-state index contributed by atoms with van der Waals surface area (Å²) in [5.41, 5.74) is 2.02. The third-order valence-corrected chi connectivity index (χ3v) is 4.66. The summed E-state index contributed by atoms with van der Waals surface area (Å²) in [4.78, 5) is 16.9. The van der Waals surface area contributed by atoms with Gasteiger partial charge in [-0.3, -0.25) is 9.69 Å². The molecule has 2 aliphatic heterocycles. The number of benzene rings is 1. The largest absolute Gasteiger partial charge is 0.480 e. The minimum Gasteiger partial charge on any atom is -0.480 e. The molecule has 2 aromatic rings. The number of aryl methyl sites for hydroxylation is 1. The van der Waals surface area contributed by atoms with Crippen molar-refractivity contribution < 1.29 is 14.1 Å². The quantitative estimate of drug-likeness (QED) is 0.857. The van der Waals surface area contributed by atoms with Crippen LogP contribution in [0.5, 0.6) is 5.75 Å². The first-order valence-corrected chi connectivity index (χ1v) is 8.37. The van der Waals surface area contributed by atoms with Crippen molar-refractivity contribution in [3.05, 3.63) is 47.3 Å². The summed E-state index contributed by atoms with van der Waals surface area (Å²) in [6.07, 6.45) is 0.304. The lowest BCUT2D eigenvalue weighted by Gasteiger charge is -2.35. The average molecular weight is 327 g/mol. The van der Waals surface area contributed by atoms with E-state index in [4.69, 9.17) is 9.26 Å². The molecular formula is C18H21N3O3. The molecule has 6 nitrogen and oxygen atoms in total. The average Bonchev–Trinajstić information content (AvgIpc) is 3.21. The monoisotopic (exact) mass is 327 g/mol. The van der Waals surface area contributed by atoms with E-state index in [0.29, 0.717) is 6.42 Å². The fourth-order valence-electron chi connectivity index (χ4n) is 3.36. The Hall–Kier alpha value is -2.34. The van der Waals surface area contributed by atoms with E-state index in [2.05, 4.69) is 10.1 Å². The van der Waals surface area contributed by atoms with Crippen molar-refractivity contribution in [3.63, 3.8) is 0 Å². The molecule has 0 radical (unpaired) electrons. The van der Waals surface area contributed by atoms with Crippen LogP contribution in [0.4, 0.5) is 0 Å². The van der Waals surface area contributed by atoms with Crippen molar-refractivity contribution in [1.29, 1.82) is 0 Å². The lowest BCUT2D eigenvalue weighted by Crippen LogP contribution is -2.51. The molecule has 1 fully saturated rings. The van der Waals surface area contributed by atoms with Crippen molar-refractivity contribution in [2.24, 2.45) is 0 Å². The SMILES string of the molecule is Cc1cc(CN2CCN(C(=O)[C@@H]3Cc4ccccc4O3)CC2)on1. The molecule has 2 aliphatic rings. The fourth-order valence-corrected chi connectivity index (χ4v) is 3.36. The minimum atomic E-state index is -0.370. The van der Waals surface area contributed by atoms with E-state index in [1.165, 1.54) is 0 Å². The van der Waals surface area contributed by atoms with Gasteiger partial charge in [-0.15, -0.1) is 0 Å². The molecule has 1 saturated heterocycles. The zero-order valence-corrected chi connectivity index (χ0v) is 13.8. The van der Waals surface area contributed by atoms with Crippen molar-refractivity contribution in [1.82, 2.24) is 15.0 Å². The first-order valence-electron chi connectivity index (χ1n) is 8.37. The second-order valence-corrected chi connectivity index (χ2v) is 6.45. The van der Waals surface area contributed by atoms with Crippen LogP contribution in [0.25, 0.3) is 0 Å². The van der Waals surface area contributed by atoms with Gasteiger partial charge in [-0.2, -0.15) is 0 Å². The summed E-state index contributed by atoms with van der Waals surface area (Å²) >= 11 is 0. The summed E-state index contributed by atoms with van der Waals surface area (Å²) < 4.78 is 11.1. The van der Waals surface area contributed by atoms with E-state index in [1.54, 1.807) is 0 Å². The van der Waals surface area contributed by atoms with Crippen LogP contribution in [0.3, 0.4) is 0 Å². The molecule has 0 unspecified atom stereocenters. The molecular weight excluding hydrogens is 306 g/mol. The maximum Gasteiger partial charge on any atom is 0.264 e. The predicted octanol–water partition coefficient (Wildman–Crippen LogP) is 1.63. The molecule has 0 N–H and O–H groups in total. The van der Waals surface area contributed by atoms with E-state index >= 15 is 0 Å². The van der Waals surface area contributed by atoms with Crippen LogP contribution in [0.2, 0.25) is 0 Å². The number of hydrogen-bond acceptors (Lipinski definition) is 5. The minimum absolute atomic E-state index is 0.0985. The number of nitrogens with zero attached hydrogens (tertiary/aromatic N) is 3.